The topological polar surface area (TPSA) is 70.8 Å². The molecular weight excluding hydrogens is 330 g/mol. The third-order valence-electron chi connectivity index (χ3n) is 5.75. The summed E-state index contributed by atoms with van der Waals surface area (Å²) in [6.07, 6.45) is 4.83. The zero-order valence-corrected chi connectivity index (χ0v) is 15.7. The molecular formula is C21H27NO4. The first kappa shape index (κ1) is 18.5. The number of hydrogen-bond donors (Lipinski definition) is 1. The van der Waals surface area contributed by atoms with Crippen molar-refractivity contribution in [2.24, 2.45) is 17.8 Å². The molecule has 1 aliphatic heterocycles. The number of anilines is 1. The highest BCUT2D eigenvalue weighted by Gasteiger charge is 2.52. The Morgan fingerprint density at radius 2 is 2.23 bits per heavy atom. The number of nitrogen functional groups attached to an aromatic ring is 1. The van der Waals surface area contributed by atoms with Gasteiger partial charge < -0.3 is 19.9 Å². The minimum absolute atomic E-state index is 0.0882. The second-order valence-corrected chi connectivity index (χ2v) is 7.29. The Kier molecular flexibility index (Phi) is 5.10. The summed E-state index contributed by atoms with van der Waals surface area (Å²) in [5, 5.41) is 0. The number of carbonyl (C=O) groups excluding carboxylic acids is 1. The molecule has 0 saturated carbocycles. The van der Waals surface area contributed by atoms with E-state index in [0.717, 1.165) is 12.0 Å². The van der Waals surface area contributed by atoms with E-state index in [1.54, 1.807) is 13.2 Å². The molecule has 2 N–H and O–H groups in total. The predicted molar refractivity (Wildman–Crippen MR) is 101 cm³/mol. The third-order valence-corrected chi connectivity index (χ3v) is 5.75. The molecule has 0 bridgehead atoms. The lowest BCUT2D eigenvalue weighted by atomic mass is 9.69. The molecule has 1 saturated heterocycles. The van der Waals surface area contributed by atoms with E-state index in [0.29, 0.717) is 23.6 Å². The van der Waals surface area contributed by atoms with Gasteiger partial charge >= 0.3 is 0 Å². The van der Waals surface area contributed by atoms with Crippen LogP contribution in [0.5, 0.6) is 5.75 Å². The number of carbonyl (C=O) groups is 1. The molecule has 1 fully saturated rings. The number of fused-ring (bicyclic) bond motifs is 1. The lowest BCUT2D eigenvalue weighted by molar-refractivity contribution is -0.124. The van der Waals surface area contributed by atoms with Gasteiger partial charge in [-0.2, -0.15) is 0 Å². The van der Waals surface area contributed by atoms with E-state index in [1.807, 2.05) is 31.2 Å². The van der Waals surface area contributed by atoms with Crippen LogP contribution in [0.2, 0.25) is 0 Å². The van der Waals surface area contributed by atoms with Gasteiger partial charge in [-0.15, -0.1) is 6.58 Å². The smallest absolute Gasteiger partial charge is 0.189 e. The van der Waals surface area contributed by atoms with Gasteiger partial charge in [0.1, 0.15) is 17.1 Å². The van der Waals surface area contributed by atoms with Crippen molar-refractivity contribution in [2.75, 3.05) is 19.6 Å². The Labute approximate surface area is 154 Å². The van der Waals surface area contributed by atoms with Crippen LogP contribution in [0.25, 0.3) is 0 Å². The first-order chi connectivity index (χ1) is 12.4. The Hall–Kier alpha value is -2.27. The van der Waals surface area contributed by atoms with E-state index in [-0.39, 0.29) is 30.3 Å². The van der Waals surface area contributed by atoms with Crippen molar-refractivity contribution in [3.63, 3.8) is 0 Å². The van der Waals surface area contributed by atoms with Crippen molar-refractivity contribution in [2.45, 2.75) is 32.3 Å². The van der Waals surface area contributed by atoms with Crippen molar-refractivity contribution >= 4 is 11.5 Å². The first-order valence-corrected chi connectivity index (χ1v) is 8.99. The van der Waals surface area contributed by atoms with Crippen LogP contribution in [0.3, 0.4) is 0 Å². The maximum atomic E-state index is 12.5. The number of allylic oxidation sites excluding steroid dienone is 2. The molecule has 5 heteroatoms. The Morgan fingerprint density at radius 3 is 2.88 bits per heavy atom. The van der Waals surface area contributed by atoms with Crippen LogP contribution in [0.4, 0.5) is 5.69 Å². The van der Waals surface area contributed by atoms with E-state index >= 15 is 0 Å². The number of benzene rings is 1. The number of rotatable bonds is 6. The number of nitrogens with two attached hydrogens (primary N) is 1. The molecule has 2 unspecified atom stereocenters. The van der Waals surface area contributed by atoms with E-state index in [4.69, 9.17) is 19.9 Å². The van der Waals surface area contributed by atoms with Gasteiger partial charge in [0.15, 0.2) is 12.6 Å². The van der Waals surface area contributed by atoms with Crippen molar-refractivity contribution in [3.8, 4) is 5.75 Å². The zero-order valence-electron chi connectivity index (χ0n) is 15.7. The highest BCUT2D eigenvalue weighted by molar-refractivity contribution is 5.94. The summed E-state index contributed by atoms with van der Waals surface area (Å²) in [6, 6.07) is 5.83. The maximum Gasteiger partial charge on any atom is 0.189 e. The predicted octanol–water partition coefficient (Wildman–Crippen LogP) is 3.49. The van der Waals surface area contributed by atoms with Gasteiger partial charge in [0, 0.05) is 12.0 Å². The Bertz CT molecular complexity index is 742. The SMILES string of the molecule is C=CC(C)[C@H]1C[C@]2(C(C)Cc3ccc(OC)c(N)c3)OCOC2=CC1=O. The maximum absolute atomic E-state index is 12.5. The molecule has 4 atom stereocenters. The molecule has 3 rings (SSSR count). The molecule has 0 spiro atoms. The van der Waals surface area contributed by atoms with E-state index < -0.39 is 5.60 Å². The van der Waals surface area contributed by atoms with Crippen molar-refractivity contribution < 1.29 is 19.0 Å². The van der Waals surface area contributed by atoms with Crippen LogP contribution in [-0.4, -0.2) is 25.3 Å². The highest BCUT2D eigenvalue weighted by Crippen LogP contribution is 2.47. The molecule has 0 radical (unpaired) electrons. The lowest BCUT2D eigenvalue weighted by Crippen LogP contribution is -2.46. The fourth-order valence-corrected chi connectivity index (χ4v) is 4.00. The quantitative estimate of drug-likeness (QED) is 0.623. The van der Waals surface area contributed by atoms with Gasteiger partial charge in [0.2, 0.25) is 0 Å². The molecule has 5 nitrogen and oxygen atoms in total. The second-order valence-electron chi connectivity index (χ2n) is 7.29. The van der Waals surface area contributed by atoms with E-state index in [1.165, 1.54) is 0 Å². The molecule has 0 aromatic heterocycles. The summed E-state index contributed by atoms with van der Waals surface area (Å²) in [4.78, 5) is 12.5. The number of ether oxygens (including phenoxy) is 3. The van der Waals surface area contributed by atoms with Gasteiger partial charge in [-0.25, -0.2) is 0 Å². The molecule has 1 aromatic rings. The average molecular weight is 357 g/mol. The lowest BCUT2D eigenvalue weighted by Gasteiger charge is -2.39. The Morgan fingerprint density at radius 1 is 1.46 bits per heavy atom. The second kappa shape index (κ2) is 7.16. The zero-order chi connectivity index (χ0) is 18.9. The molecule has 140 valence electrons. The van der Waals surface area contributed by atoms with E-state index in [9.17, 15) is 4.79 Å². The summed E-state index contributed by atoms with van der Waals surface area (Å²) in [6.45, 7) is 8.18. The minimum Gasteiger partial charge on any atom is -0.495 e. The van der Waals surface area contributed by atoms with Crippen LogP contribution in [-0.2, 0) is 20.7 Å². The highest BCUT2D eigenvalue weighted by atomic mass is 16.7. The first-order valence-electron chi connectivity index (χ1n) is 8.99. The summed E-state index contributed by atoms with van der Waals surface area (Å²) >= 11 is 0. The molecule has 1 aliphatic carbocycles. The molecule has 0 amide bonds. The largest absolute Gasteiger partial charge is 0.495 e. The number of ketones is 1. The van der Waals surface area contributed by atoms with Gasteiger partial charge in [0.25, 0.3) is 0 Å². The molecule has 2 aliphatic rings. The Balaban J connectivity index is 1.87. The van der Waals surface area contributed by atoms with Crippen LogP contribution >= 0.6 is 0 Å². The number of methoxy groups -OCH3 is 1. The van der Waals surface area contributed by atoms with Crippen LogP contribution in [0, 0.1) is 17.8 Å². The summed E-state index contributed by atoms with van der Waals surface area (Å²) in [5.74, 6) is 1.49. The molecule has 1 heterocycles. The van der Waals surface area contributed by atoms with Crippen LogP contribution in [0.1, 0.15) is 25.8 Å². The summed E-state index contributed by atoms with van der Waals surface area (Å²) < 4.78 is 17.0. The minimum atomic E-state index is -0.579. The van der Waals surface area contributed by atoms with Gasteiger partial charge in [-0.1, -0.05) is 26.0 Å². The standard InChI is InChI=1S/C21H27NO4/c1-5-13(2)16-11-21(20(10-18(16)23)25-12-26-21)14(3)8-15-6-7-19(24-4)17(22)9-15/h5-7,9-10,13-14,16H,1,8,11-12,22H2,2-4H3/t13?,14?,16-,21-/m1/s1. The molecule has 1 aromatic carbocycles. The normalized spacial score (nSPS) is 27.1. The van der Waals surface area contributed by atoms with Crippen molar-refractivity contribution in [3.05, 3.63) is 48.3 Å². The van der Waals surface area contributed by atoms with Crippen molar-refractivity contribution in [1.29, 1.82) is 0 Å². The van der Waals surface area contributed by atoms with Crippen LogP contribution < -0.4 is 10.5 Å². The van der Waals surface area contributed by atoms with Crippen molar-refractivity contribution in [1.82, 2.24) is 0 Å². The third kappa shape index (κ3) is 3.12. The fraction of sp³-hybridized carbons (Fsp3) is 0.476. The van der Waals surface area contributed by atoms with E-state index in [2.05, 4.69) is 13.5 Å². The summed E-state index contributed by atoms with van der Waals surface area (Å²) in [7, 11) is 1.60. The number of hydrogen-bond acceptors (Lipinski definition) is 5. The van der Waals surface area contributed by atoms with Gasteiger partial charge in [-0.05, 0) is 42.4 Å². The van der Waals surface area contributed by atoms with Gasteiger partial charge in [-0.3, -0.25) is 4.79 Å². The molecule has 26 heavy (non-hydrogen) atoms. The monoisotopic (exact) mass is 357 g/mol. The van der Waals surface area contributed by atoms with Gasteiger partial charge in [0.05, 0.1) is 12.8 Å². The fourth-order valence-electron chi connectivity index (χ4n) is 4.00. The summed E-state index contributed by atoms with van der Waals surface area (Å²) in [5.41, 5.74) is 7.18. The average Bonchev–Trinajstić information content (AvgIpc) is 3.04. The van der Waals surface area contributed by atoms with Crippen LogP contribution in [0.15, 0.2) is 42.7 Å².